The molecule has 4 rings (SSSR count). The number of aromatic hydroxyl groups is 1. The average molecular weight is 483 g/mol. The van der Waals surface area contributed by atoms with Crippen LogP contribution in [0.2, 0.25) is 0 Å². The molecule has 10 heteroatoms. The number of carbonyl (C=O) groups is 1. The number of alkyl halides is 3. The summed E-state index contributed by atoms with van der Waals surface area (Å²) in [5.74, 6) is -0.0733. The van der Waals surface area contributed by atoms with Gasteiger partial charge in [0.25, 0.3) is 0 Å². The minimum absolute atomic E-state index is 0.0317. The molecule has 0 radical (unpaired) electrons. The molecule has 1 atom stereocenters. The number of nitrogens with zero attached hydrogens (tertiary/aromatic N) is 3. The van der Waals surface area contributed by atoms with Crippen LogP contribution in [0.4, 0.5) is 29.3 Å². The number of nitriles is 1. The van der Waals surface area contributed by atoms with Crippen molar-refractivity contribution in [3.05, 3.63) is 77.0 Å². The number of urea groups is 1. The van der Waals surface area contributed by atoms with Crippen LogP contribution in [0.3, 0.4) is 0 Å². The molecule has 0 saturated heterocycles. The summed E-state index contributed by atoms with van der Waals surface area (Å²) in [6.07, 6.45) is -1.38. The van der Waals surface area contributed by atoms with Crippen LogP contribution < -0.4 is 15.5 Å². The van der Waals surface area contributed by atoms with E-state index in [0.29, 0.717) is 28.9 Å². The number of anilines is 2. The largest absolute Gasteiger partial charge is 0.494 e. The van der Waals surface area contributed by atoms with E-state index in [0.717, 1.165) is 36.4 Å². The standard InChI is InChI=1S/C25H24F3N5O2/c1-30-11-2-3-12-32-15-20-21(23(32)34)22(17-9-7-16(14-29)8-10-17)31-24(35)33(20)19-6-4-5-18(13-19)25(26,27)28/h4-10,13,15,22,30,34H,2-3,11-12H2,1H3,(H,31,35)/t22-/m1/s1. The van der Waals surface area contributed by atoms with Gasteiger partial charge in [-0.3, -0.25) is 4.90 Å². The van der Waals surface area contributed by atoms with Crippen molar-refractivity contribution in [3.8, 4) is 11.9 Å². The van der Waals surface area contributed by atoms with Gasteiger partial charge in [0.15, 0.2) is 5.88 Å². The zero-order chi connectivity index (χ0) is 25.2. The number of nitrogens with one attached hydrogen (secondary N) is 2. The lowest BCUT2D eigenvalue weighted by molar-refractivity contribution is -0.137. The van der Waals surface area contributed by atoms with E-state index in [2.05, 4.69) is 10.6 Å². The van der Waals surface area contributed by atoms with Gasteiger partial charge >= 0.3 is 12.2 Å². The van der Waals surface area contributed by atoms with Crippen LogP contribution in [0, 0.1) is 11.3 Å². The SMILES string of the molecule is CNCCCCn1cc2c(c1O)[C@@H](c1ccc(C#N)cc1)NC(=O)N2c1cccc(C(F)(F)F)c1. The van der Waals surface area contributed by atoms with Gasteiger partial charge < -0.3 is 20.3 Å². The maximum atomic E-state index is 13.4. The van der Waals surface area contributed by atoms with Gasteiger partial charge in [-0.1, -0.05) is 18.2 Å². The molecule has 0 aliphatic carbocycles. The van der Waals surface area contributed by atoms with Crippen molar-refractivity contribution in [2.45, 2.75) is 31.6 Å². The third kappa shape index (κ3) is 4.81. The monoisotopic (exact) mass is 483 g/mol. The molecule has 0 bridgehead atoms. The number of aromatic nitrogens is 1. The van der Waals surface area contributed by atoms with Gasteiger partial charge in [-0.2, -0.15) is 18.4 Å². The van der Waals surface area contributed by atoms with Gasteiger partial charge in [0.2, 0.25) is 0 Å². The second-order valence-corrected chi connectivity index (χ2v) is 8.26. The Morgan fingerprint density at radius 2 is 1.91 bits per heavy atom. The van der Waals surface area contributed by atoms with Gasteiger partial charge in [-0.15, -0.1) is 0 Å². The highest BCUT2D eigenvalue weighted by Gasteiger charge is 2.38. The van der Waals surface area contributed by atoms with E-state index >= 15 is 0 Å². The lowest BCUT2D eigenvalue weighted by Gasteiger charge is -2.33. The number of carbonyl (C=O) groups excluding carboxylic acids is 1. The topological polar surface area (TPSA) is 93.3 Å². The fourth-order valence-electron chi connectivity index (χ4n) is 4.20. The molecule has 2 heterocycles. The lowest BCUT2D eigenvalue weighted by Crippen LogP contribution is -2.44. The third-order valence-electron chi connectivity index (χ3n) is 5.95. The molecule has 1 aliphatic heterocycles. The summed E-state index contributed by atoms with van der Waals surface area (Å²) in [7, 11) is 1.85. The normalized spacial score (nSPS) is 15.5. The van der Waals surface area contributed by atoms with E-state index in [1.165, 1.54) is 12.1 Å². The van der Waals surface area contributed by atoms with Crippen LogP contribution in [0.15, 0.2) is 54.7 Å². The van der Waals surface area contributed by atoms with E-state index in [4.69, 9.17) is 5.26 Å². The number of hydrogen-bond donors (Lipinski definition) is 3. The number of rotatable bonds is 7. The van der Waals surface area contributed by atoms with Crippen LogP contribution >= 0.6 is 0 Å². The zero-order valence-electron chi connectivity index (χ0n) is 18.9. The molecule has 2 amide bonds. The first-order valence-corrected chi connectivity index (χ1v) is 11.1. The van der Waals surface area contributed by atoms with E-state index in [9.17, 15) is 23.1 Å². The number of aryl methyl sites for hydroxylation is 1. The van der Waals surface area contributed by atoms with E-state index in [-0.39, 0.29) is 11.6 Å². The minimum Gasteiger partial charge on any atom is -0.494 e. The molecule has 7 nitrogen and oxygen atoms in total. The van der Waals surface area contributed by atoms with Crippen molar-refractivity contribution in [3.63, 3.8) is 0 Å². The molecule has 182 valence electrons. The van der Waals surface area contributed by atoms with Crippen LogP contribution in [0.1, 0.15) is 41.1 Å². The Labute approximate surface area is 200 Å². The molecule has 0 saturated carbocycles. The molecule has 2 aromatic carbocycles. The Morgan fingerprint density at radius 3 is 2.57 bits per heavy atom. The van der Waals surface area contributed by atoms with Gasteiger partial charge in [-0.25, -0.2) is 4.79 Å². The Bertz CT molecular complexity index is 1260. The first kappa shape index (κ1) is 24.2. The van der Waals surface area contributed by atoms with E-state index in [1.54, 1.807) is 35.0 Å². The highest BCUT2D eigenvalue weighted by Crippen LogP contribution is 2.45. The van der Waals surface area contributed by atoms with Crippen molar-refractivity contribution >= 4 is 17.4 Å². The minimum atomic E-state index is -4.57. The summed E-state index contributed by atoms with van der Waals surface area (Å²) in [5, 5.41) is 26.1. The second-order valence-electron chi connectivity index (χ2n) is 8.26. The number of fused-ring (bicyclic) bond motifs is 1. The quantitative estimate of drug-likeness (QED) is 0.411. The van der Waals surface area contributed by atoms with Gasteiger partial charge in [0, 0.05) is 12.7 Å². The smallest absolute Gasteiger partial charge is 0.416 e. The van der Waals surface area contributed by atoms with Crippen LogP contribution in [-0.2, 0) is 12.7 Å². The van der Waals surface area contributed by atoms with E-state index < -0.39 is 23.8 Å². The van der Waals surface area contributed by atoms with Gasteiger partial charge in [0.1, 0.15) is 0 Å². The fraction of sp³-hybridized carbons (Fsp3) is 0.280. The molecule has 0 fully saturated rings. The molecule has 1 aliphatic rings. The van der Waals surface area contributed by atoms with E-state index in [1.807, 2.05) is 13.1 Å². The molecule has 0 spiro atoms. The van der Waals surface area contributed by atoms with Crippen LogP contribution in [-0.4, -0.2) is 29.3 Å². The Morgan fingerprint density at radius 1 is 1.17 bits per heavy atom. The lowest BCUT2D eigenvalue weighted by atomic mass is 9.96. The number of hydrogen-bond acceptors (Lipinski definition) is 4. The average Bonchev–Trinajstić information content (AvgIpc) is 3.16. The summed E-state index contributed by atoms with van der Waals surface area (Å²) < 4.78 is 41.7. The summed E-state index contributed by atoms with van der Waals surface area (Å²) in [6.45, 7) is 1.26. The Balaban J connectivity index is 1.81. The molecule has 3 aromatic rings. The van der Waals surface area contributed by atoms with Crippen LogP contribution in [0.5, 0.6) is 5.88 Å². The predicted molar refractivity (Wildman–Crippen MR) is 124 cm³/mol. The number of amides is 2. The summed E-state index contributed by atoms with van der Waals surface area (Å²) in [6, 6.07) is 11.7. The van der Waals surface area contributed by atoms with Crippen molar-refractivity contribution in [1.29, 1.82) is 5.26 Å². The maximum Gasteiger partial charge on any atom is 0.416 e. The molecule has 3 N–H and O–H groups in total. The maximum absolute atomic E-state index is 13.4. The second kappa shape index (κ2) is 9.72. The van der Waals surface area contributed by atoms with Crippen molar-refractivity contribution in [1.82, 2.24) is 15.2 Å². The van der Waals surface area contributed by atoms with Crippen molar-refractivity contribution in [2.24, 2.45) is 0 Å². The van der Waals surface area contributed by atoms with Gasteiger partial charge in [-0.05, 0) is 62.3 Å². The number of unbranched alkanes of at least 4 members (excludes halogenated alkanes) is 1. The van der Waals surface area contributed by atoms with Crippen molar-refractivity contribution in [2.75, 3.05) is 18.5 Å². The van der Waals surface area contributed by atoms with Gasteiger partial charge in [0.05, 0.1) is 40.2 Å². The fourth-order valence-corrected chi connectivity index (χ4v) is 4.20. The van der Waals surface area contributed by atoms with Crippen molar-refractivity contribution < 1.29 is 23.1 Å². The molecular weight excluding hydrogens is 459 g/mol. The van der Waals surface area contributed by atoms with Crippen LogP contribution in [0.25, 0.3) is 0 Å². The summed E-state index contributed by atoms with van der Waals surface area (Å²) in [4.78, 5) is 14.4. The first-order chi connectivity index (χ1) is 16.7. The Hall–Kier alpha value is -3.97. The molecule has 0 unspecified atom stereocenters. The molecule has 35 heavy (non-hydrogen) atoms. The number of halogens is 3. The zero-order valence-corrected chi connectivity index (χ0v) is 18.9. The highest BCUT2D eigenvalue weighted by molar-refractivity contribution is 6.03. The molecule has 1 aromatic heterocycles. The predicted octanol–water partition coefficient (Wildman–Crippen LogP) is 5.03. The summed E-state index contributed by atoms with van der Waals surface area (Å²) in [5.41, 5.74) is 0.894. The first-order valence-electron chi connectivity index (χ1n) is 11.1. The third-order valence-corrected chi connectivity index (χ3v) is 5.95. The summed E-state index contributed by atoms with van der Waals surface area (Å²) >= 11 is 0. The Kier molecular flexibility index (Phi) is 6.71. The highest BCUT2D eigenvalue weighted by atomic mass is 19.4. The number of benzene rings is 2. The molecular formula is C25H24F3N5O2.